The Hall–Kier alpha value is -4.35. The molecule has 1 aliphatic carbocycles. The summed E-state index contributed by atoms with van der Waals surface area (Å²) < 4.78 is 51.4. The second-order valence-corrected chi connectivity index (χ2v) is 8.01. The van der Waals surface area contributed by atoms with Gasteiger partial charge in [0, 0.05) is 24.6 Å². The molecule has 2 amide bonds. The second-order valence-electron chi connectivity index (χ2n) is 8.01. The molecule has 0 spiro atoms. The van der Waals surface area contributed by atoms with Crippen molar-refractivity contribution in [3.05, 3.63) is 66.1 Å². The Bertz CT molecular complexity index is 1440. The number of halogens is 3. The molecule has 12 heteroatoms. The maximum Gasteiger partial charge on any atom is 0.452 e. The molecule has 1 aliphatic rings. The van der Waals surface area contributed by atoms with Crippen LogP contribution in [0.4, 0.5) is 24.7 Å². The number of oxazole rings is 1. The molecule has 0 saturated heterocycles. The number of rotatable bonds is 6. The van der Waals surface area contributed by atoms with Crippen LogP contribution in [0.3, 0.4) is 0 Å². The van der Waals surface area contributed by atoms with E-state index in [2.05, 4.69) is 25.0 Å². The Morgan fingerprint density at radius 3 is 2.63 bits per heavy atom. The maximum atomic E-state index is 13.1. The van der Waals surface area contributed by atoms with Crippen molar-refractivity contribution in [1.29, 1.82) is 0 Å². The van der Waals surface area contributed by atoms with Crippen LogP contribution in [0.15, 0.2) is 53.2 Å². The summed E-state index contributed by atoms with van der Waals surface area (Å²) in [5.74, 6) is -1.59. The fourth-order valence-corrected chi connectivity index (χ4v) is 3.40. The molecule has 0 radical (unpaired) electrons. The number of hydrogen-bond donors (Lipinski definition) is 2. The first kappa shape index (κ1) is 22.4. The average Bonchev–Trinajstić information content (AvgIpc) is 3.45. The van der Waals surface area contributed by atoms with Crippen LogP contribution in [0.25, 0.3) is 5.65 Å². The van der Waals surface area contributed by atoms with Crippen LogP contribution in [0, 0.1) is 12.8 Å². The average molecular weight is 485 g/mol. The van der Waals surface area contributed by atoms with Crippen LogP contribution in [-0.4, -0.2) is 26.2 Å². The molecule has 2 N–H and O–H groups in total. The molecule has 180 valence electrons. The zero-order valence-corrected chi connectivity index (χ0v) is 18.2. The molecular weight excluding hydrogens is 467 g/mol. The summed E-state index contributed by atoms with van der Waals surface area (Å²) in [4.78, 5) is 32.3. The number of hydrogen-bond acceptors (Lipinski definition) is 6. The predicted molar refractivity (Wildman–Crippen MR) is 117 cm³/mol. The van der Waals surface area contributed by atoms with Gasteiger partial charge in [0.1, 0.15) is 17.1 Å². The van der Waals surface area contributed by atoms with Crippen molar-refractivity contribution in [2.75, 3.05) is 10.6 Å². The van der Waals surface area contributed by atoms with E-state index in [1.165, 1.54) is 19.1 Å². The third-order valence-corrected chi connectivity index (χ3v) is 5.16. The van der Waals surface area contributed by atoms with E-state index in [9.17, 15) is 22.8 Å². The van der Waals surface area contributed by atoms with Crippen molar-refractivity contribution in [3.8, 4) is 11.5 Å². The zero-order valence-electron chi connectivity index (χ0n) is 18.2. The van der Waals surface area contributed by atoms with Gasteiger partial charge in [0.15, 0.2) is 17.4 Å². The number of carbonyl (C=O) groups excluding carboxylic acids is 2. The number of carbonyl (C=O) groups is 2. The predicted octanol–water partition coefficient (Wildman–Crippen LogP) is 5.04. The Kier molecular flexibility index (Phi) is 5.42. The molecule has 3 aromatic heterocycles. The van der Waals surface area contributed by atoms with Gasteiger partial charge in [0.25, 0.3) is 5.91 Å². The minimum atomic E-state index is -4.86. The highest BCUT2D eigenvalue weighted by Gasteiger charge is 2.41. The Morgan fingerprint density at radius 1 is 1.09 bits per heavy atom. The first-order valence-electron chi connectivity index (χ1n) is 10.6. The molecule has 1 fully saturated rings. The topological polar surface area (TPSA) is 111 Å². The fourth-order valence-electron chi connectivity index (χ4n) is 3.40. The first-order valence-corrected chi connectivity index (χ1v) is 10.6. The largest absolute Gasteiger partial charge is 0.456 e. The van der Waals surface area contributed by atoms with E-state index in [4.69, 9.17) is 4.74 Å². The number of benzene rings is 1. The molecule has 0 atom stereocenters. The standard InChI is InChI=1S/C23H18F3N5O4/c1-12-27-19(20(34-12)23(24,25)26)22(33)28-14-3-2-4-15(9-14)35-16-7-8-18-29-17(11-31(18)10-16)30-21(32)13-5-6-13/h2-4,7-11,13H,5-6H2,1H3,(H,28,33)(H,30,32). The van der Waals surface area contributed by atoms with Crippen molar-refractivity contribution in [1.82, 2.24) is 14.4 Å². The van der Waals surface area contributed by atoms with Crippen molar-refractivity contribution in [2.45, 2.75) is 25.9 Å². The summed E-state index contributed by atoms with van der Waals surface area (Å²) in [5, 5.41) is 5.16. The quantitative estimate of drug-likeness (QED) is 0.396. The minimum absolute atomic E-state index is 0.0492. The van der Waals surface area contributed by atoms with E-state index in [0.717, 1.165) is 12.8 Å². The lowest BCUT2D eigenvalue weighted by atomic mass is 10.2. The van der Waals surface area contributed by atoms with Gasteiger partial charge >= 0.3 is 6.18 Å². The SMILES string of the molecule is Cc1nc(C(=O)Nc2cccc(Oc3ccc4nc(NC(=O)C5CC5)cn4c3)c2)c(C(F)(F)F)o1. The molecule has 5 rings (SSSR count). The number of amides is 2. The normalized spacial score (nSPS) is 13.6. The number of imidazole rings is 1. The van der Waals surface area contributed by atoms with Crippen molar-refractivity contribution >= 4 is 29.0 Å². The van der Waals surface area contributed by atoms with Gasteiger partial charge in [-0.1, -0.05) is 6.07 Å². The summed E-state index contributed by atoms with van der Waals surface area (Å²) in [5.41, 5.74) is -0.0423. The lowest BCUT2D eigenvalue weighted by Gasteiger charge is -2.09. The molecule has 35 heavy (non-hydrogen) atoms. The smallest absolute Gasteiger partial charge is 0.452 e. The minimum Gasteiger partial charge on any atom is -0.456 e. The van der Waals surface area contributed by atoms with Crippen LogP contribution in [-0.2, 0) is 11.0 Å². The van der Waals surface area contributed by atoms with Gasteiger partial charge in [-0.05, 0) is 37.1 Å². The Labute approximate surface area is 195 Å². The van der Waals surface area contributed by atoms with Crippen LogP contribution >= 0.6 is 0 Å². The number of anilines is 2. The van der Waals surface area contributed by atoms with E-state index < -0.39 is 23.5 Å². The van der Waals surface area contributed by atoms with Gasteiger partial charge in [0.05, 0.1) is 12.4 Å². The van der Waals surface area contributed by atoms with E-state index in [0.29, 0.717) is 23.0 Å². The third kappa shape index (κ3) is 4.95. The number of ether oxygens (including phenoxy) is 1. The molecular formula is C23H18F3N5O4. The lowest BCUT2D eigenvalue weighted by Crippen LogP contribution is -2.18. The summed E-state index contributed by atoms with van der Waals surface area (Å²) in [6, 6.07) is 9.53. The van der Waals surface area contributed by atoms with Crippen molar-refractivity contribution in [2.24, 2.45) is 5.92 Å². The van der Waals surface area contributed by atoms with Gasteiger partial charge < -0.3 is 24.2 Å². The van der Waals surface area contributed by atoms with E-state index in [1.54, 1.807) is 41.1 Å². The number of aryl methyl sites for hydroxylation is 1. The van der Waals surface area contributed by atoms with Gasteiger partial charge in [0.2, 0.25) is 11.7 Å². The Morgan fingerprint density at radius 2 is 1.89 bits per heavy atom. The van der Waals surface area contributed by atoms with Crippen LogP contribution in [0.5, 0.6) is 11.5 Å². The highest BCUT2D eigenvalue weighted by molar-refractivity contribution is 6.03. The zero-order chi connectivity index (χ0) is 24.7. The maximum absolute atomic E-state index is 13.1. The summed E-state index contributed by atoms with van der Waals surface area (Å²) in [6.45, 7) is 1.22. The summed E-state index contributed by atoms with van der Waals surface area (Å²) in [6.07, 6.45) is 0.244. The van der Waals surface area contributed by atoms with Crippen molar-refractivity contribution < 1.29 is 31.9 Å². The molecule has 3 heterocycles. The molecule has 0 aliphatic heterocycles. The van der Waals surface area contributed by atoms with Crippen LogP contribution in [0.1, 0.15) is 35.0 Å². The highest BCUT2D eigenvalue weighted by atomic mass is 19.4. The van der Waals surface area contributed by atoms with E-state index in [1.807, 2.05) is 0 Å². The third-order valence-electron chi connectivity index (χ3n) is 5.16. The molecule has 4 aromatic rings. The summed E-state index contributed by atoms with van der Waals surface area (Å²) in [7, 11) is 0. The highest BCUT2D eigenvalue weighted by Crippen LogP contribution is 2.33. The monoisotopic (exact) mass is 485 g/mol. The van der Waals surface area contributed by atoms with E-state index in [-0.39, 0.29) is 23.4 Å². The van der Waals surface area contributed by atoms with Gasteiger partial charge in [-0.3, -0.25) is 9.59 Å². The molecule has 0 bridgehead atoms. The van der Waals surface area contributed by atoms with Crippen LogP contribution in [0.2, 0.25) is 0 Å². The lowest BCUT2D eigenvalue weighted by molar-refractivity contribution is -0.153. The molecule has 1 saturated carbocycles. The van der Waals surface area contributed by atoms with Gasteiger partial charge in [-0.2, -0.15) is 13.2 Å². The first-order chi connectivity index (χ1) is 16.7. The second kappa shape index (κ2) is 8.46. The fraction of sp³-hybridized carbons (Fsp3) is 0.217. The summed E-state index contributed by atoms with van der Waals surface area (Å²) >= 11 is 0. The Balaban J connectivity index is 1.30. The van der Waals surface area contributed by atoms with E-state index >= 15 is 0 Å². The van der Waals surface area contributed by atoms with Crippen LogP contribution < -0.4 is 15.4 Å². The molecule has 9 nitrogen and oxygen atoms in total. The number of aromatic nitrogens is 3. The number of fused-ring (bicyclic) bond motifs is 1. The number of alkyl halides is 3. The number of nitrogens with one attached hydrogen (secondary N) is 2. The number of nitrogens with zero attached hydrogens (tertiary/aromatic N) is 3. The van der Waals surface area contributed by atoms with Gasteiger partial charge in [-0.15, -0.1) is 0 Å². The van der Waals surface area contributed by atoms with Crippen molar-refractivity contribution in [3.63, 3.8) is 0 Å². The van der Waals surface area contributed by atoms with Gasteiger partial charge in [-0.25, -0.2) is 9.97 Å². The number of pyridine rings is 1. The molecule has 1 aromatic carbocycles. The molecule has 0 unspecified atom stereocenters.